The molecule has 0 N–H and O–H groups in total. The van der Waals surface area contributed by atoms with E-state index in [2.05, 4.69) is 35.2 Å². The number of nitrogens with zero attached hydrogens (tertiary/aromatic N) is 3. The van der Waals surface area contributed by atoms with Crippen molar-refractivity contribution in [3.63, 3.8) is 0 Å². The highest BCUT2D eigenvalue weighted by atomic mass is 16.5. The fraction of sp³-hybridized carbons (Fsp3) is 0.242. The molecule has 0 radical (unpaired) electrons. The summed E-state index contributed by atoms with van der Waals surface area (Å²) in [5.74, 6) is 0.481. The van der Waals surface area contributed by atoms with Gasteiger partial charge in [0.2, 0.25) is 0 Å². The lowest BCUT2D eigenvalue weighted by atomic mass is 9.72. The molecule has 2 aliphatic heterocycles. The minimum atomic E-state index is -0.502. The van der Waals surface area contributed by atoms with Gasteiger partial charge in [0.1, 0.15) is 23.5 Å². The fourth-order valence-corrected chi connectivity index (χ4v) is 6.42. The maximum absolute atomic E-state index is 14.3. The topological polar surface area (TPSA) is 77.1 Å². The smallest absolute Gasteiger partial charge is 0.185 e. The molecule has 6 rings (SSSR count). The van der Waals surface area contributed by atoms with Gasteiger partial charge in [0.25, 0.3) is 0 Å². The second kappa shape index (κ2) is 9.69. The minimum Gasteiger partial charge on any atom is -0.497 e. The minimum absolute atomic E-state index is 0.0357. The highest BCUT2D eigenvalue weighted by molar-refractivity contribution is 6.01. The van der Waals surface area contributed by atoms with Crippen molar-refractivity contribution in [1.29, 1.82) is 10.5 Å². The molecule has 4 atom stereocenters. The van der Waals surface area contributed by atoms with Gasteiger partial charge in [-0.2, -0.15) is 10.5 Å². The number of Topliss-reactive ketones (excluding diaryl/α,β-unsaturated/α-hetero) is 1. The number of fused-ring (bicyclic) bond motifs is 3. The van der Waals surface area contributed by atoms with Crippen LogP contribution in [0.5, 0.6) is 5.75 Å². The molecule has 5 nitrogen and oxygen atoms in total. The van der Waals surface area contributed by atoms with Gasteiger partial charge < -0.3 is 9.64 Å². The zero-order valence-corrected chi connectivity index (χ0v) is 21.1. The molecule has 0 spiro atoms. The third-order valence-electron chi connectivity index (χ3n) is 8.17. The van der Waals surface area contributed by atoms with Gasteiger partial charge in [-0.15, -0.1) is 0 Å². The van der Waals surface area contributed by atoms with Crippen LogP contribution in [0.3, 0.4) is 0 Å². The van der Waals surface area contributed by atoms with E-state index in [1.165, 1.54) is 0 Å². The maximum Gasteiger partial charge on any atom is 0.185 e. The average Bonchev–Trinajstić information content (AvgIpc) is 3.76. The van der Waals surface area contributed by atoms with Crippen LogP contribution >= 0.6 is 0 Å². The van der Waals surface area contributed by atoms with E-state index < -0.39 is 6.04 Å². The number of rotatable bonds is 6. The number of nitriles is 2. The van der Waals surface area contributed by atoms with Crippen LogP contribution in [0.1, 0.15) is 51.8 Å². The molecule has 1 aliphatic carbocycles. The first-order valence-electron chi connectivity index (χ1n) is 13.0. The van der Waals surface area contributed by atoms with Crippen LogP contribution < -0.4 is 4.74 Å². The summed E-state index contributed by atoms with van der Waals surface area (Å²) in [5, 5.41) is 20.1. The predicted octanol–water partition coefficient (Wildman–Crippen LogP) is 6.44. The lowest BCUT2D eigenvalue weighted by Gasteiger charge is -2.35. The van der Waals surface area contributed by atoms with Crippen molar-refractivity contribution in [2.45, 2.75) is 30.8 Å². The molecular weight excluding hydrogens is 470 g/mol. The highest BCUT2D eigenvalue weighted by Crippen LogP contribution is 2.59. The Balaban J connectivity index is 1.62. The number of carbonyl (C=O) groups is 1. The van der Waals surface area contributed by atoms with Gasteiger partial charge in [0, 0.05) is 23.6 Å². The molecule has 3 aromatic rings. The van der Waals surface area contributed by atoms with E-state index in [4.69, 9.17) is 4.74 Å². The van der Waals surface area contributed by atoms with Crippen molar-refractivity contribution in [2.24, 2.45) is 11.8 Å². The monoisotopic (exact) mass is 497 g/mol. The summed E-state index contributed by atoms with van der Waals surface area (Å²) in [6.07, 6.45) is 6.02. The van der Waals surface area contributed by atoms with Crippen molar-refractivity contribution < 1.29 is 9.53 Å². The number of allylic oxidation sites excluding steroid dienone is 1. The normalized spacial score (nSPS) is 23.0. The summed E-state index contributed by atoms with van der Waals surface area (Å²) in [4.78, 5) is 16.5. The van der Waals surface area contributed by atoms with E-state index in [-0.39, 0.29) is 35.2 Å². The standard InChI is InChI=1S/C33H27N3O2/c1-38-26-15-13-23(14-16-26)29-30(28(22-11-12-22)25(19-34)20-35)31-27-10-6-5-7-21(27)17-18-36(31)32(29)33(37)24-8-3-2-4-9-24/h2-10,13-18,22,29-32H,11-12H2,1H3. The molecule has 2 heterocycles. The first-order valence-corrected chi connectivity index (χ1v) is 13.0. The van der Waals surface area contributed by atoms with Crippen molar-refractivity contribution in [3.8, 4) is 17.9 Å². The van der Waals surface area contributed by atoms with Gasteiger partial charge in [-0.1, -0.05) is 66.7 Å². The third kappa shape index (κ3) is 3.88. The first kappa shape index (κ1) is 23.8. The van der Waals surface area contributed by atoms with Gasteiger partial charge in [-0.05, 0) is 59.2 Å². The summed E-state index contributed by atoms with van der Waals surface area (Å²) in [6.45, 7) is 0. The van der Waals surface area contributed by atoms with Gasteiger partial charge in [-0.25, -0.2) is 0 Å². The van der Waals surface area contributed by atoms with E-state index in [1.807, 2.05) is 72.9 Å². The Kier molecular flexibility index (Phi) is 6.06. The second-order valence-electron chi connectivity index (χ2n) is 10.2. The van der Waals surface area contributed by atoms with Gasteiger partial charge in [-0.3, -0.25) is 4.79 Å². The Morgan fingerprint density at radius 2 is 1.61 bits per heavy atom. The molecule has 3 aromatic carbocycles. The lowest BCUT2D eigenvalue weighted by molar-refractivity contribution is 0.0874. The van der Waals surface area contributed by atoms with Gasteiger partial charge >= 0.3 is 0 Å². The number of carbonyl (C=O) groups excluding carboxylic acids is 1. The van der Waals surface area contributed by atoms with Crippen LogP contribution in [-0.2, 0) is 0 Å². The maximum atomic E-state index is 14.3. The highest BCUT2D eigenvalue weighted by Gasteiger charge is 2.56. The van der Waals surface area contributed by atoms with E-state index in [0.717, 1.165) is 40.9 Å². The molecular formula is C33H27N3O2. The van der Waals surface area contributed by atoms with Crippen LogP contribution in [0.2, 0.25) is 0 Å². The number of benzene rings is 3. The Morgan fingerprint density at radius 3 is 2.26 bits per heavy atom. The van der Waals surface area contributed by atoms with Crippen LogP contribution in [0.4, 0.5) is 0 Å². The molecule has 1 saturated heterocycles. The Hall–Kier alpha value is -4.61. The number of ketones is 1. The van der Waals surface area contributed by atoms with E-state index in [1.54, 1.807) is 7.11 Å². The van der Waals surface area contributed by atoms with E-state index in [0.29, 0.717) is 5.56 Å². The summed E-state index contributed by atoms with van der Waals surface area (Å²) in [7, 11) is 1.64. The Labute approximate surface area is 222 Å². The number of hydrogen-bond acceptors (Lipinski definition) is 5. The molecule has 38 heavy (non-hydrogen) atoms. The molecule has 186 valence electrons. The zero-order valence-electron chi connectivity index (χ0n) is 21.1. The molecule has 1 saturated carbocycles. The SMILES string of the molecule is COc1ccc(C2C(C(=C(C#N)C#N)C3CC3)C3c4ccccc4C=CN3C2C(=O)c2ccccc2)cc1. The van der Waals surface area contributed by atoms with Crippen LogP contribution in [0.25, 0.3) is 6.08 Å². The Morgan fingerprint density at radius 1 is 0.921 bits per heavy atom. The predicted molar refractivity (Wildman–Crippen MR) is 145 cm³/mol. The molecule has 0 aromatic heterocycles. The van der Waals surface area contributed by atoms with Crippen LogP contribution in [0, 0.1) is 34.5 Å². The first-order chi connectivity index (χ1) is 18.7. The molecule has 0 amide bonds. The van der Waals surface area contributed by atoms with E-state index in [9.17, 15) is 15.3 Å². The van der Waals surface area contributed by atoms with E-state index >= 15 is 0 Å². The summed E-state index contributed by atoms with van der Waals surface area (Å²) in [5.41, 5.74) is 4.97. The summed E-state index contributed by atoms with van der Waals surface area (Å²) < 4.78 is 5.43. The van der Waals surface area contributed by atoms with Crippen molar-refractivity contribution in [3.05, 3.63) is 118 Å². The second-order valence-corrected chi connectivity index (χ2v) is 10.2. The van der Waals surface area contributed by atoms with Crippen molar-refractivity contribution in [2.75, 3.05) is 7.11 Å². The largest absolute Gasteiger partial charge is 0.497 e. The average molecular weight is 498 g/mol. The number of hydrogen-bond donors (Lipinski definition) is 0. The Bertz CT molecular complexity index is 1500. The quantitative estimate of drug-likeness (QED) is 0.289. The van der Waals surface area contributed by atoms with Crippen molar-refractivity contribution in [1.82, 2.24) is 4.90 Å². The summed E-state index contributed by atoms with van der Waals surface area (Å²) in [6, 6.07) is 29.3. The zero-order chi connectivity index (χ0) is 26.2. The molecule has 4 unspecified atom stereocenters. The summed E-state index contributed by atoms with van der Waals surface area (Å²) >= 11 is 0. The van der Waals surface area contributed by atoms with Crippen LogP contribution in [-0.4, -0.2) is 23.8 Å². The molecule has 0 bridgehead atoms. The fourth-order valence-electron chi connectivity index (χ4n) is 6.42. The number of methoxy groups -OCH3 is 1. The van der Waals surface area contributed by atoms with Crippen molar-refractivity contribution >= 4 is 11.9 Å². The number of ether oxygens (including phenoxy) is 1. The molecule has 5 heteroatoms. The lowest BCUT2D eigenvalue weighted by Crippen LogP contribution is -2.37. The van der Waals surface area contributed by atoms with Crippen LogP contribution in [0.15, 0.2) is 96.2 Å². The van der Waals surface area contributed by atoms with Gasteiger partial charge in [0.05, 0.1) is 19.2 Å². The van der Waals surface area contributed by atoms with Gasteiger partial charge in [0.15, 0.2) is 5.78 Å². The molecule has 2 fully saturated rings. The molecule has 3 aliphatic rings. The third-order valence-corrected chi connectivity index (χ3v) is 8.17.